The monoisotopic (exact) mass is 322 g/mol. The number of ether oxygens (including phenoxy) is 2. The molecule has 2 aromatic carbocycles. The summed E-state index contributed by atoms with van der Waals surface area (Å²) in [5.74, 6) is 0.724. The third-order valence-corrected chi connectivity index (χ3v) is 3.22. The fourth-order valence-corrected chi connectivity index (χ4v) is 2.07. The van der Waals surface area contributed by atoms with Crippen LogP contribution in [0.15, 0.2) is 54.1 Å². The minimum absolute atomic E-state index is 0.00928. The van der Waals surface area contributed by atoms with Crippen molar-refractivity contribution in [2.75, 3.05) is 19.0 Å². The molecular weight excluding hydrogens is 304 g/mol. The number of methoxy groups -OCH3 is 1. The first kappa shape index (κ1) is 17.1. The van der Waals surface area contributed by atoms with Crippen molar-refractivity contribution in [3.8, 4) is 17.6 Å². The lowest BCUT2D eigenvalue weighted by molar-refractivity contribution is -0.112. The summed E-state index contributed by atoms with van der Waals surface area (Å²) in [5, 5.41) is 12.0. The van der Waals surface area contributed by atoms with Crippen LogP contribution in [0.5, 0.6) is 11.5 Å². The number of nitriles is 1. The molecule has 2 rings (SSSR count). The van der Waals surface area contributed by atoms with Gasteiger partial charge >= 0.3 is 0 Å². The minimum Gasteiger partial charge on any atom is -0.497 e. The van der Waals surface area contributed by atoms with Gasteiger partial charge in [-0.1, -0.05) is 18.2 Å². The van der Waals surface area contributed by atoms with Gasteiger partial charge in [0, 0.05) is 17.3 Å². The van der Waals surface area contributed by atoms with Gasteiger partial charge in [0.15, 0.2) is 0 Å². The molecule has 1 amide bonds. The second-order valence-corrected chi connectivity index (χ2v) is 4.83. The Morgan fingerprint density at radius 2 is 2.00 bits per heavy atom. The number of nitrogens with one attached hydrogen (secondary N) is 1. The Bertz CT molecular complexity index is 777. The van der Waals surface area contributed by atoms with Crippen molar-refractivity contribution in [2.24, 2.45) is 0 Å². The van der Waals surface area contributed by atoms with Crippen molar-refractivity contribution in [3.63, 3.8) is 0 Å². The van der Waals surface area contributed by atoms with Crippen molar-refractivity contribution in [1.82, 2.24) is 0 Å². The number of hydrogen-bond acceptors (Lipinski definition) is 4. The van der Waals surface area contributed by atoms with Crippen LogP contribution in [-0.2, 0) is 4.79 Å². The van der Waals surface area contributed by atoms with Gasteiger partial charge < -0.3 is 14.8 Å². The summed E-state index contributed by atoms with van der Waals surface area (Å²) in [6.45, 7) is 2.33. The van der Waals surface area contributed by atoms with Crippen molar-refractivity contribution in [3.05, 3.63) is 59.7 Å². The van der Waals surface area contributed by atoms with E-state index >= 15 is 0 Å². The van der Waals surface area contributed by atoms with Gasteiger partial charge in [0.1, 0.15) is 23.1 Å². The molecule has 0 unspecified atom stereocenters. The topological polar surface area (TPSA) is 71.3 Å². The van der Waals surface area contributed by atoms with Crippen LogP contribution in [0.4, 0.5) is 5.69 Å². The van der Waals surface area contributed by atoms with Gasteiger partial charge in [-0.15, -0.1) is 0 Å². The zero-order valence-electron chi connectivity index (χ0n) is 13.6. The molecule has 5 nitrogen and oxygen atoms in total. The Morgan fingerprint density at radius 1 is 1.25 bits per heavy atom. The maximum atomic E-state index is 12.3. The third-order valence-electron chi connectivity index (χ3n) is 3.22. The van der Waals surface area contributed by atoms with Gasteiger partial charge in [-0.05, 0) is 37.3 Å². The molecule has 1 N–H and O–H groups in total. The van der Waals surface area contributed by atoms with E-state index in [2.05, 4.69) is 5.32 Å². The predicted molar refractivity (Wildman–Crippen MR) is 92.8 cm³/mol. The number of rotatable bonds is 6. The normalized spacial score (nSPS) is 10.6. The molecule has 2 aromatic rings. The highest BCUT2D eigenvalue weighted by Gasteiger charge is 2.12. The van der Waals surface area contributed by atoms with Crippen LogP contribution in [0, 0.1) is 11.3 Å². The number of carbonyl (C=O) groups is 1. The molecule has 5 heteroatoms. The van der Waals surface area contributed by atoms with E-state index in [4.69, 9.17) is 9.47 Å². The van der Waals surface area contributed by atoms with E-state index in [1.807, 2.05) is 31.2 Å². The molecule has 0 spiro atoms. The van der Waals surface area contributed by atoms with E-state index in [0.29, 0.717) is 29.4 Å². The van der Waals surface area contributed by atoms with Gasteiger partial charge in [-0.25, -0.2) is 0 Å². The second kappa shape index (κ2) is 8.39. The number of amides is 1. The van der Waals surface area contributed by atoms with Crippen LogP contribution in [0.25, 0.3) is 6.08 Å². The van der Waals surface area contributed by atoms with E-state index in [0.717, 1.165) is 0 Å². The van der Waals surface area contributed by atoms with E-state index in [9.17, 15) is 10.1 Å². The Labute approximate surface area is 141 Å². The van der Waals surface area contributed by atoms with Crippen LogP contribution >= 0.6 is 0 Å². The third kappa shape index (κ3) is 4.37. The Morgan fingerprint density at radius 3 is 2.62 bits per heavy atom. The molecule has 0 bridgehead atoms. The van der Waals surface area contributed by atoms with Crippen molar-refractivity contribution in [1.29, 1.82) is 5.26 Å². The fourth-order valence-electron chi connectivity index (χ4n) is 2.07. The molecule has 0 aliphatic carbocycles. The molecule has 0 heterocycles. The minimum atomic E-state index is -0.470. The van der Waals surface area contributed by atoms with E-state index in [1.54, 1.807) is 37.4 Å². The summed E-state index contributed by atoms with van der Waals surface area (Å²) in [7, 11) is 1.56. The highest BCUT2D eigenvalue weighted by molar-refractivity contribution is 6.09. The molecule has 0 saturated carbocycles. The van der Waals surface area contributed by atoms with Crippen molar-refractivity contribution < 1.29 is 14.3 Å². The molecule has 0 fully saturated rings. The van der Waals surface area contributed by atoms with Gasteiger partial charge in [0.05, 0.1) is 13.7 Å². The summed E-state index contributed by atoms with van der Waals surface area (Å²) in [5.41, 5.74) is 1.26. The summed E-state index contributed by atoms with van der Waals surface area (Å²) in [6.07, 6.45) is 1.50. The van der Waals surface area contributed by atoms with Gasteiger partial charge in [0.2, 0.25) is 0 Å². The van der Waals surface area contributed by atoms with Crippen molar-refractivity contribution >= 4 is 17.7 Å². The lowest BCUT2D eigenvalue weighted by atomic mass is 10.1. The number of nitrogens with zero attached hydrogens (tertiary/aromatic N) is 1. The molecular formula is C19H18N2O3. The molecule has 0 aliphatic heterocycles. The fraction of sp³-hybridized carbons (Fsp3) is 0.158. The summed E-state index contributed by atoms with van der Waals surface area (Å²) in [6, 6.07) is 16.1. The average molecular weight is 322 g/mol. The number of para-hydroxylation sites is 1. The first-order valence-electron chi connectivity index (χ1n) is 7.47. The Balaban J connectivity index is 2.29. The van der Waals surface area contributed by atoms with Crippen LogP contribution in [0.3, 0.4) is 0 Å². The van der Waals surface area contributed by atoms with Gasteiger partial charge in [0.25, 0.3) is 5.91 Å². The molecule has 0 aliphatic rings. The van der Waals surface area contributed by atoms with Crippen molar-refractivity contribution in [2.45, 2.75) is 6.92 Å². The average Bonchev–Trinajstić information content (AvgIpc) is 2.61. The van der Waals surface area contributed by atoms with Gasteiger partial charge in [-0.3, -0.25) is 4.79 Å². The predicted octanol–water partition coefficient (Wildman–Crippen LogP) is 3.64. The smallest absolute Gasteiger partial charge is 0.266 e. The molecule has 0 aromatic heterocycles. The van der Waals surface area contributed by atoms with Crippen LogP contribution < -0.4 is 14.8 Å². The molecule has 24 heavy (non-hydrogen) atoms. The standard InChI is InChI=1S/C19H18N2O3/c1-3-24-18-12-17(23-2)10-9-14(18)11-15(13-20)19(22)21-16-7-5-4-6-8-16/h4-12H,3H2,1-2H3,(H,21,22)/b15-11+. The second-order valence-electron chi connectivity index (χ2n) is 4.83. The molecule has 0 saturated heterocycles. The first-order valence-corrected chi connectivity index (χ1v) is 7.47. The number of anilines is 1. The maximum absolute atomic E-state index is 12.3. The Kier molecular flexibility index (Phi) is 5.98. The highest BCUT2D eigenvalue weighted by Crippen LogP contribution is 2.27. The zero-order valence-corrected chi connectivity index (χ0v) is 13.6. The largest absolute Gasteiger partial charge is 0.497 e. The van der Waals surface area contributed by atoms with E-state index < -0.39 is 5.91 Å². The number of carbonyl (C=O) groups excluding carboxylic acids is 1. The van der Waals surface area contributed by atoms with Gasteiger partial charge in [-0.2, -0.15) is 5.26 Å². The van der Waals surface area contributed by atoms with Crippen LogP contribution in [-0.4, -0.2) is 19.6 Å². The first-order chi connectivity index (χ1) is 11.7. The highest BCUT2D eigenvalue weighted by atomic mass is 16.5. The molecule has 0 atom stereocenters. The van der Waals surface area contributed by atoms with Crippen LogP contribution in [0.1, 0.15) is 12.5 Å². The maximum Gasteiger partial charge on any atom is 0.266 e. The lowest BCUT2D eigenvalue weighted by Gasteiger charge is -2.10. The zero-order chi connectivity index (χ0) is 17.4. The number of benzene rings is 2. The number of hydrogen-bond donors (Lipinski definition) is 1. The summed E-state index contributed by atoms with van der Waals surface area (Å²) >= 11 is 0. The quantitative estimate of drug-likeness (QED) is 0.651. The summed E-state index contributed by atoms with van der Waals surface area (Å²) < 4.78 is 10.7. The lowest BCUT2D eigenvalue weighted by Crippen LogP contribution is -2.13. The molecule has 0 radical (unpaired) electrons. The van der Waals surface area contributed by atoms with E-state index in [1.165, 1.54) is 6.08 Å². The van der Waals surface area contributed by atoms with Crippen LogP contribution in [0.2, 0.25) is 0 Å². The SMILES string of the molecule is CCOc1cc(OC)ccc1/C=C(\C#N)C(=O)Nc1ccccc1. The van der Waals surface area contributed by atoms with E-state index in [-0.39, 0.29) is 5.57 Å². The molecule has 122 valence electrons. The summed E-state index contributed by atoms with van der Waals surface area (Å²) in [4.78, 5) is 12.3. The Hall–Kier alpha value is -3.26.